The zero-order valence-electron chi connectivity index (χ0n) is 23.4. The predicted molar refractivity (Wildman–Crippen MR) is 181 cm³/mol. The molecule has 0 radical (unpaired) electrons. The molecule has 0 amide bonds. The number of hydrogen-bond acceptors (Lipinski definition) is 4. The van der Waals surface area contributed by atoms with Crippen LogP contribution in [-0.4, -0.2) is 29.5 Å². The Kier molecular flexibility index (Phi) is 5.80. The van der Waals surface area contributed by atoms with E-state index in [0.717, 1.165) is 49.8 Å². The molecular formula is C39H23N3OSe. The normalized spacial score (nSPS) is 11.6. The number of nitrogens with zero attached hydrogens (tertiary/aromatic N) is 3. The van der Waals surface area contributed by atoms with E-state index in [0.29, 0.717) is 17.5 Å². The molecule has 9 aromatic rings. The van der Waals surface area contributed by atoms with Gasteiger partial charge in [-0.15, -0.1) is 0 Å². The summed E-state index contributed by atoms with van der Waals surface area (Å²) in [5.74, 6) is 2.04. The minimum atomic E-state index is 0.183. The average Bonchev–Trinajstić information content (AvgIpc) is 3.67. The molecule has 44 heavy (non-hydrogen) atoms. The van der Waals surface area contributed by atoms with Crippen molar-refractivity contribution in [2.45, 2.75) is 0 Å². The first-order valence-corrected chi connectivity index (χ1v) is 16.2. The van der Waals surface area contributed by atoms with E-state index in [2.05, 4.69) is 103 Å². The topological polar surface area (TPSA) is 51.8 Å². The molecule has 6 aromatic carbocycles. The number of benzene rings is 6. The van der Waals surface area contributed by atoms with E-state index in [1.54, 1.807) is 0 Å². The van der Waals surface area contributed by atoms with Gasteiger partial charge in [0.05, 0.1) is 0 Å². The molecule has 3 heterocycles. The molecule has 0 aliphatic rings. The first-order valence-electron chi connectivity index (χ1n) is 14.5. The molecule has 9 rings (SSSR count). The van der Waals surface area contributed by atoms with E-state index in [1.807, 2.05) is 36.4 Å². The monoisotopic (exact) mass is 629 g/mol. The quantitative estimate of drug-likeness (QED) is 0.182. The van der Waals surface area contributed by atoms with Crippen molar-refractivity contribution in [3.8, 4) is 45.3 Å². The summed E-state index contributed by atoms with van der Waals surface area (Å²) in [6.07, 6.45) is 0. The van der Waals surface area contributed by atoms with Gasteiger partial charge in [-0.2, -0.15) is 0 Å². The Morgan fingerprint density at radius 2 is 1.00 bits per heavy atom. The van der Waals surface area contributed by atoms with Gasteiger partial charge in [0, 0.05) is 0 Å². The van der Waals surface area contributed by atoms with E-state index >= 15 is 0 Å². The van der Waals surface area contributed by atoms with Crippen LogP contribution in [0.4, 0.5) is 0 Å². The number of aromatic nitrogens is 3. The molecular weight excluding hydrogens is 605 g/mol. The molecule has 0 fully saturated rings. The van der Waals surface area contributed by atoms with Gasteiger partial charge in [0.1, 0.15) is 5.58 Å². The Morgan fingerprint density at radius 1 is 0.409 bits per heavy atom. The second-order valence-electron chi connectivity index (χ2n) is 10.8. The number of furan rings is 1. The van der Waals surface area contributed by atoms with Gasteiger partial charge in [0.15, 0.2) is 0 Å². The molecule has 3 aromatic heterocycles. The molecule has 0 aliphatic carbocycles. The number of rotatable bonds is 4. The second-order valence-corrected chi connectivity index (χ2v) is 13.0. The summed E-state index contributed by atoms with van der Waals surface area (Å²) in [7, 11) is 0. The standard InChI is InChI=1S/C39H23N3OSe/c1-2-10-25(11-3-1)37-40-38(42-39(41-37)31-16-8-15-29-28-12-5-7-19-34(28)44-36(29)31)26-22-20-24(21-23-26)27-14-9-18-33-35(27)30-13-4-6-17-32(30)43-33/h1-23H. The molecule has 0 saturated carbocycles. The fraction of sp³-hybridized carbons (Fsp3) is 0. The van der Waals surface area contributed by atoms with Crippen molar-refractivity contribution >= 4 is 55.7 Å². The summed E-state index contributed by atoms with van der Waals surface area (Å²) < 4.78 is 8.87. The van der Waals surface area contributed by atoms with Gasteiger partial charge < -0.3 is 4.42 Å². The molecule has 0 bridgehead atoms. The van der Waals surface area contributed by atoms with Crippen LogP contribution in [0.3, 0.4) is 0 Å². The molecule has 0 aliphatic heterocycles. The number of hydrogen-bond donors (Lipinski definition) is 0. The Hall–Kier alpha value is -5.35. The first-order chi connectivity index (χ1) is 21.8. The van der Waals surface area contributed by atoms with Crippen molar-refractivity contribution < 1.29 is 4.42 Å². The van der Waals surface area contributed by atoms with Crippen molar-refractivity contribution in [2.24, 2.45) is 0 Å². The van der Waals surface area contributed by atoms with Gasteiger partial charge in [-0.3, -0.25) is 0 Å². The summed E-state index contributed by atoms with van der Waals surface area (Å²) in [6, 6.07) is 48.3. The fourth-order valence-corrected chi connectivity index (χ4v) is 8.62. The van der Waals surface area contributed by atoms with E-state index < -0.39 is 0 Å². The maximum absolute atomic E-state index is 6.14. The Balaban J connectivity index is 1.20. The van der Waals surface area contributed by atoms with Gasteiger partial charge in [0.25, 0.3) is 0 Å². The summed E-state index contributed by atoms with van der Waals surface area (Å²) in [4.78, 5) is 15.1. The molecule has 206 valence electrons. The SMILES string of the molecule is c1ccc(-c2nc(-c3ccc(-c4cccc5oc6ccccc6c45)cc3)nc(-c3cccc4c3[se]c3ccccc34)n2)cc1. The summed E-state index contributed by atoms with van der Waals surface area (Å²) >= 11 is 0.183. The van der Waals surface area contributed by atoms with Crippen LogP contribution in [-0.2, 0) is 0 Å². The van der Waals surface area contributed by atoms with Gasteiger partial charge in [-0.05, 0) is 12.1 Å². The fourth-order valence-electron chi connectivity index (χ4n) is 6.08. The van der Waals surface area contributed by atoms with Crippen LogP contribution < -0.4 is 0 Å². The first kappa shape index (κ1) is 25.2. The van der Waals surface area contributed by atoms with Crippen LogP contribution in [0.5, 0.6) is 0 Å². The van der Waals surface area contributed by atoms with Crippen molar-refractivity contribution in [1.29, 1.82) is 0 Å². The summed E-state index contributed by atoms with van der Waals surface area (Å²) in [6.45, 7) is 0. The average molecular weight is 629 g/mol. The summed E-state index contributed by atoms with van der Waals surface area (Å²) in [5, 5.41) is 4.85. The maximum atomic E-state index is 6.14. The summed E-state index contributed by atoms with van der Waals surface area (Å²) in [5.41, 5.74) is 7.03. The number of para-hydroxylation sites is 1. The second kappa shape index (κ2) is 10.1. The zero-order chi connectivity index (χ0) is 29.0. The van der Waals surface area contributed by atoms with Crippen molar-refractivity contribution in [1.82, 2.24) is 15.0 Å². The molecule has 4 nitrogen and oxygen atoms in total. The van der Waals surface area contributed by atoms with E-state index in [-0.39, 0.29) is 14.5 Å². The molecule has 0 atom stereocenters. The van der Waals surface area contributed by atoms with Gasteiger partial charge in [0.2, 0.25) is 0 Å². The van der Waals surface area contributed by atoms with Crippen molar-refractivity contribution in [2.75, 3.05) is 0 Å². The molecule has 0 saturated heterocycles. The van der Waals surface area contributed by atoms with E-state index in [1.165, 1.54) is 19.3 Å². The van der Waals surface area contributed by atoms with Crippen LogP contribution in [0.15, 0.2) is 144 Å². The molecule has 0 N–H and O–H groups in total. The Morgan fingerprint density at radius 3 is 1.84 bits per heavy atom. The van der Waals surface area contributed by atoms with E-state index in [9.17, 15) is 0 Å². The van der Waals surface area contributed by atoms with Gasteiger partial charge in [-0.1, -0.05) is 18.2 Å². The third-order valence-electron chi connectivity index (χ3n) is 8.17. The molecule has 0 spiro atoms. The van der Waals surface area contributed by atoms with Gasteiger partial charge >= 0.3 is 220 Å². The van der Waals surface area contributed by atoms with Crippen LogP contribution >= 0.6 is 0 Å². The Bertz CT molecular complexity index is 2490. The third-order valence-corrected chi connectivity index (χ3v) is 10.7. The predicted octanol–water partition coefficient (Wildman–Crippen LogP) is 9.80. The third kappa shape index (κ3) is 4.10. The van der Waals surface area contributed by atoms with E-state index in [4.69, 9.17) is 19.4 Å². The zero-order valence-corrected chi connectivity index (χ0v) is 25.2. The van der Waals surface area contributed by atoms with Crippen LogP contribution in [0.25, 0.3) is 86.5 Å². The van der Waals surface area contributed by atoms with Crippen molar-refractivity contribution in [3.05, 3.63) is 140 Å². The molecule has 5 heteroatoms. The van der Waals surface area contributed by atoms with Crippen LogP contribution in [0, 0.1) is 0 Å². The van der Waals surface area contributed by atoms with Gasteiger partial charge in [-0.25, -0.2) is 0 Å². The van der Waals surface area contributed by atoms with Crippen molar-refractivity contribution in [3.63, 3.8) is 0 Å². The minimum absolute atomic E-state index is 0.183. The van der Waals surface area contributed by atoms with Crippen LogP contribution in [0.2, 0.25) is 0 Å². The Labute approximate surface area is 259 Å². The van der Waals surface area contributed by atoms with Crippen LogP contribution in [0.1, 0.15) is 0 Å². The molecule has 0 unspecified atom stereocenters. The number of fused-ring (bicyclic) bond motifs is 6.